The molecule has 0 aromatic heterocycles. The number of rotatable bonds is 4. The van der Waals surface area contributed by atoms with Crippen molar-refractivity contribution in [2.24, 2.45) is 0 Å². The highest BCUT2D eigenvalue weighted by molar-refractivity contribution is 9.09. The van der Waals surface area contributed by atoms with Gasteiger partial charge in [0.05, 0.1) is 12.4 Å². The Labute approximate surface area is 96.3 Å². The van der Waals surface area contributed by atoms with Gasteiger partial charge in [-0.3, -0.25) is 4.79 Å². The van der Waals surface area contributed by atoms with Gasteiger partial charge in [0, 0.05) is 11.4 Å². The van der Waals surface area contributed by atoms with E-state index in [2.05, 4.69) is 15.9 Å². The summed E-state index contributed by atoms with van der Waals surface area (Å²) in [5, 5.41) is 0.925. The van der Waals surface area contributed by atoms with Crippen molar-refractivity contribution in [2.45, 2.75) is 6.42 Å². The van der Waals surface area contributed by atoms with Gasteiger partial charge in [-0.25, -0.2) is 0 Å². The molecule has 0 radical (unpaired) electrons. The third kappa shape index (κ3) is 3.00. The maximum absolute atomic E-state index is 11.2. The lowest BCUT2D eigenvalue weighted by molar-refractivity contribution is -0.115. The van der Waals surface area contributed by atoms with Crippen molar-refractivity contribution >= 4 is 33.3 Å². The number of hydrogen-bond donors (Lipinski definition) is 0. The van der Waals surface area contributed by atoms with E-state index in [4.69, 9.17) is 16.3 Å². The fourth-order valence-corrected chi connectivity index (χ4v) is 1.49. The van der Waals surface area contributed by atoms with Crippen molar-refractivity contribution < 1.29 is 9.53 Å². The van der Waals surface area contributed by atoms with Crippen LogP contribution in [0.4, 0.5) is 0 Å². The van der Waals surface area contributed by atoms with Gasteiger partial charge in [-0.15, -0.1) is 0 Å². The lowest BCUT2D eigenvalue weighted by Crippen LogP contribution is -2.03. The van der Waals surface area contributed by atoms with E-state index in [9.17, 15) is 4.79 Å². The van der Waals surface area contributed by atoms with Crippen LogP contribution >= 0.6 is 27.5 Å². The topological polar surface area (TPSA) is 26.3 Å². The van der Waals surface area contributed by atoms with Crippen LogP contribution in [0.25, 0.3) is 0 Å². The third-order valence-electron chi connectivity index (χ3n) is 1.80. The fourth-order valence-electron chi connectivity index (χ4n) is 1.06. The van der Waals surface area contributed by atoms with E-state index in [1.165, 1.54) is 0 Å². The van der Waals surface area contributed by atoms with Gasteiger partial charge in [0.2, 0.25) is 0 Å². The monoisotopic (exact) mass is 276 g/mol. The van der Waals surface area contributed by atoms with Crippen molar-refractivity contribution in [3.05, 3.63) is 28.8 Å². The number of carbonyl (C=O) groups excluding carboxylic acids is 1. The van der Waals surface area contributed by atoms with Crippen LogP contribution in [0.2, 0.25) is 5.02 Å². The summed E-state index contributed by atoms with van der Waals surface area (Å²) in [6.45, 7) is 0. The normalized spacial score (nSPS) is 9.93. The number of Topliss-reactive ketones (excluding diaryl/α,β-unsaturated/α-hetero) is 1. The molecule has 0 atom stereocenters. The van der Waals surface area contributed by atoms with Crippen LogP contribution in [0.3, 0.4) is 0 Å². The van der Waals surface area contributed by atoms with E-state index in [0.29, 0.717) is 22.5 Å². The summed E-state index contributed by atoms with van der Waals surface area (Å²) in [4.78, 5) is 11.2. The Morgan fingerprint density at radius 3 is 2.79 bits per heavy atom. The number of ketones is 1. The van der Waals surface area contributed by atoms with Crippen molar-refractivity contribution in [3.63, 3.8) is 0 Å². The number of benzene rings is 1. The second-order valence-corrected chi connectivity index (χ2v) is 3.77. The average Bonchev–Trinajstić information content (AvgIpc) is 2.20. The van der Waals surface area contributed by atoms with Gasteiger partial charge in [0.25, 0.3) is 0 Å². The van der Waals surface area contributed by atoms with Gasteiger partial charge in [-0.05, 0) is 17.7 Å². The highest BCUT2D eigenvalue weighted by Crippen LogP contribution is 2.22. The molecule has 0 fully saturated rings. The summed E-state index contributed by atoms with van der Waals surface area (Å²) >= 11 is 9.07. The summed E-state index contributed by atoms with van der Waals surface area (Å²) in [6.07, 6.45) is 0.355. The zero-order valence-electron chi connectivity index (χ0n) is 7.72. The Kier molecular flexibility index (Phi) is 4.42. The maximum atomic E-state index is 11.2. The molecule has 14 heavy (non-hydrogen) atoms. The number of methoxy groups -OCH3 is 1. The van der Waals surface area contributed by atoms with Gasteiger partial charge < -0.3 is 4.74 Å². The minimum atomic E-state index is 0.108. The van der Waals surface area contributed by atoms with E-state index in [1.807, 2.05) is 6.07 Å². The van der Waals surface area contributed by atoms with E-state index < -0.39 is 0 Å². The lowest BCUT2D eigenvalue weighted by atomic mass is 10.1. The molecular weight excluding hydrogens is 267 g/mol. The van der Waals surface area contributed by atoms with Crippen LogP contribution in [-0.4, -0.2) is 18.2 Å². The summed E-state index contributed by atoms with van der Waals surface area (Å²) < 4.78 is 5.00. The van der Waals surface area contributed by atoms with E-state index >= 15 is 0 Å². The minimum absolute atomic E-state index is 0.108. The van der Waals surface area contributed by atoms with Crippen LogP contribution in [0.1, 0.15) is 5.56 Å². The molecule has 0 amide bonds. The molecule has 4 heteroatoms. The summed E-state index contributed by atoms with van der Waals surface area (Å²) in [6, 6.07) is 5.31. The highest BCUT2D eigenvalue weighted by atomic mass is 79.9. The highest BCUT2D eigenvalue weighted by Gasteiger charge is 2.06. The number of alkyl halides is 1. The first kappa shape index (κ1) is 11.5. The van der Waals surface area contributed by atoms with Crippen LogP contribution in [0, 0.1) is 0 Å². The standard InChI is InChI=1S/C10H10BrClO2/c1-14-9-3-2-7(10(12)5-9)4-8(13)6-11/h2-3,5H,4,6H2,1H3. The molecule has 2 nitrogen and oxygen atoms in total. The second kappa shape index (κ2) is 5.37. The molecule has 0 aliphatic rings. The van der Waals surface area contributed by atoms with Gasteiger partial charge >= 0.3 is 0 Å². The van der Waals surface area contributed by atoms with Gasteiger partial charge in [0.1, 0.15) is 11.5 Å². The number of carbonyl (C=O) groups is 1. The molecule has 0 aliphatic heterocycles. The molecule has 0 saturated heterocycles. The van der Waals surface area contributed by atoms with Crippen molar-refractivity contribution in [1.29, 1.82) is 0 Å². The first-order chi connectivity index (χ1) is 6.67. The smallest absolute Gasteiger partial charge is 0.147 e. The van der Waals surface area contributed by atoms with Crippen molar-refractivity contribution in [1.82, 2.24) is 0 Å². The Morgan fingerprint density at radius 1 is 1.57 bits per heavy atom. The molecule has 0 spiro atoms. The molecule has 0 N–H and O–H groups in total. The largest absolute Gasteiger partial charge is 0.497 e. The second-order valence-electron chi connectivity index (χ2n) is 2.81. The van der Waals surface area contributed by atoms with Gasteiger partial charge in [-0.1, -0.05) is 33.6 Å². The molecule has 0 saturated carbocycles. The van der Waals surface area contributed by atoms with Gasteiger partial charge in [-0.2, -0.15) is 0 Å². The molecule has 0 aliphatic carbocycles. The number of ether oxygens (including phenoxy) is 1. The number of halogens is 2. The predicted molar refractivity (Wildman–Crippen MR) is 60.5 cm³/mol. The van der Waals surface area contributed by atoms with Crippen LogP contribution < -0.4 is 4.74 Å². The summed E-state index contributed by atoms with van der Waals surface area (Å²) in [5.74, 6) is 0.808. The molecule has 0 bridgehead atoms. The van der Waals surface area contributed by atoms with E-state index in [0.717, 1.165) is 5.56 Å². The summed E-state index contributed by atoms with van der Waals surface area (Å²) in [7, 11) is 1.58. The van der Waals surface area contributed by atoms with E-state index in [1.54, 1.807) is 19.2 Å². The zero-order chi connectivity index (χ0) is 10.6. The predicted octanol–water partition coefficient (Wildman–Crippen LogP) is 2.86. The molecule has 1 aromatic rings. The molecule has 1 aromatic carbocycles. The van der Waals surface area contributed by atoms with Crippen LogP contribution in [0.15, 0.2) is 18.2 Å². The van der Waals surface area contributed by atoms with Crippen molar-refractivity contribution in [2.75, 3.05) is 12.4 Å². The molecule has 0 unspecified atom stereocenters. The lowest BCUT2D eigenvalue weighted by Gasteiger charge is -2.04. The Bertz CT molecular complexity index is 339. The molecular formula is C10H10BrClO2. The molecule has 0 heterocycles. The fraction of sp³-hybridized carbons (Fsp3) is 0.300. The van der Waals surface area contributed by atoms with Crippen molar-refractivity contribution in [3.8, 4) is 5.75 Å². The minimum Gasteiger partial charge on any atom is -0.497 e. The zero-order valence-corrected chi connectivity index (χ0v) is 10.1. The van der Waals surface area contributed by atoms with Crippen LogP contribution in [0.5, 0.6) is 5.75 Å². The number of hydrogen-bond acceptors (Lipinski definition) is 2. The molecule has 76 valence electrons. The van der Waals surface area contributed by atoms with Gasteiger partial charge in [0.15, 0.2) is 0 Å². The van der Waals surface area contributed by atoms with Crippen LogP contribution in [-0.2, 0) is 11.2 Å². The van der Waals surface area contributed by atoms with E-state index in [-0.39, 0.29) is 5.78 Å². The first-order valence-electron chi connectivity index (χ1n) is 4.07. The quantitative estimate of drug-likeness (QED) is 0.791. The SMILES string of the molecule is COc1ccc(CC(=O)CBr)c(Cl)c1. The Balaban J connectivity index is 2.83. The Hall–Kier alpha value is -0.540. The molecule has 1 rings (SSSR count). The first-order valence-corrected chi connectivity index (χ1v) is 5.57. The Morgan fingerprint density at radius 2 is 2.29 bits per heavy atom. The third-order valence-corrected chi connectivity index (χ3v) is 2.77. The maximum Gasteiger partial charge on any atom is 0.147 e. The summed E-state index contributed by atoms with van der Waals surface area (Å²) in [5.41, 5.74) is 0.830. The average molecular weight is 278 g/mol.